The largest absolute Gasteiger partial charge is 0.354 e. The summed E-state index contributed by atoms with van der Waals surface area (Å²) in [7, 11) is 1.64. The number of fused-ring (bicyclic) bond motifs is 1. The Morgan fingerprint density at radius 1 is 1.53 bits per heavy atom. The highest BCUT2D eigenvalue weighted by Gasteiger charge is 2.31. The van der Waals surface area contributed by atoms with Crippen molar-refractivity contribution in [2.75, 3.05) is 20.1 Å². The number of nitrogens with zero attached hydrogens (tertiary/aromatic N) is 1. The van der Waals surface area contributed by atoms with Gasteiger partial charge in [0.25, 0.3) is 5.91 Å². The van der Waals surface area contributed by atoms with E-state index in [-0.39, 0.29) is 17.9 Å². The normalized spacial score (nSPS) is 21.5. The van der Waals surface area contributed by atoms with Gasteiger partial charge in [-0.25, -0.2) is 0 Å². The lowest BCUT2D eigenvalue weighted by Crippen LogP contribution is -2.55. The molecule has 19 heavy (non-hydrogen) atoms. The molecule has 1 fully saturated rings. The Balaban J connectivity index is 1.74. The summed E-state index contributed by atoms with van der Waals surface area (Å²) in [6.45, 7) is 2.34. The quantitative estimate of drug-likeness (QED) is 0.821. The second-order valence-corrected chi connectivity index (χ2v) is 6.08. The van der Waals surface area contributed by atoms with Crippen LogP contribution in [0.25, 0.3) is 0 Å². The molecule has 1 saturated heterocycles. The van der Waals surface area contributed by atoms with E-state index in [0.29, 0.717) is 6.54 Å². The summed E-state index contributed by atoms with van der Waals surface area (Å²) in [4.78, 5) is 27.7. The van der Waals surface area contributed by atoms with Gasteiger partial charge in [-0.1, -0.05) is 0 Å². The summed E-state index contributed by atoms with van der Waals surface area (Å²) in [6.07, 6.45) is 1.80. The van der Waals surface area contributed by atoms with Crippen LogP contribution in [0.5, 0.6) is 0 Å². The average Bonchev–Trinajstić information content (AvgIpc) is 2.78. The minimum Gasteiger partial charge on any atom is -0.354 e. The zero-order valence-electron chi connectivity index (χ0n) is 10.9. The minimum atomic E-state index is -0.0436. The van der Waals surface area contributed by atoms with Crippen LogP contribution in [0.3, 0.4) is 0 Å². The smallest absolute Gasteiger partial charge is 0.261 e. The van der Waals surface area contributed by atoms with Crippen molar-refractivity contribution in [1.29, 1.82) is 0 Å². The molecule has 0 unspecified atom stereocenters. The third kappa shape index (κ3) is 2.26. The van der Waals surface area contributed by atoms with Crippen LogP contribution in [0.1, 0.15) is 26.5 Å². The molecule has 102 valence electrons. The second kappa shape index (κ2) is 4.94. The van der Waals surface area contributed by atoms with E-state index < -0.39 is 0 Å². The molecule has 0 spiro atoms. The maximum Gasteiger partial charge on any atom is 0.261 e. The molecule has 0 saturated carbocycles. The zero-order chi connectivity index (χ0) is 13.4. The average molecular weight is 279 g/mol. The number of rotatable bonds is 2. The molecule has 0 aromatic carbocycles. The number of nitrogens with one attached hydrogen (secondary N) is 2. The molecule has 1 aromatic rings. The van der Waals surface area contributed by atoms with Crippen LogP contribution in [0, 0.1) is 0 Å². The van der Waals surface area contributed by atoms with Crippen LogP contribution in [0.4, 0.5) is 0 Å². The minimum absolute atomic E-state index is 0.0126. The van der Waals surface area contributed by atoms with Crippen LogP contribution in [-0.2, 0) is 17.8 Å². The molecule has 0 aliphatic carbocycles. The van der Waals surface area contributed by atoms with Crippen molar-refractivity contribution in [3.8, 4) is 0 Å². The molecule has 5 nitrogen and oxygen atoms in total. The summed E-state index contributed by atoms with van der Waals surface area (Å²) in [5.74, 6) is 0.155. The fraction of sp³-hybridized carbons (Fsp3) is 0.538. The van der Waals surface area contributed by atoms with Gasteiger partial charge in [-0.05, 0) is 31.0 Å². The zero-order valence-corrected chi connectivity index (χ0v) is 11.7. The Bertz CT molecular complexity index is 522. The Morgan fingerprint density at radius 3 is 2.95 bits per heavy atom. The number of hydrogen-bond donors (Lipinski definition) is 2. The Labute approximate surface area is 116 Å². The van der Waals surface area contributed by atoms with Gasteiger partial charge in [0.2, 0.25) is 5.91 Å². The molecule has 2 amide bonds. The standard InChI is InChI=1S/C13H17N3O2S/c1-14-12(17)11-6-8-7-16(5-3-10(8)19-11)13(18)9-2-4-15-9/h6,9,15H,2-5,7H2,1H3,(H,14,17)/t9-/m1/s1. The monoisotopic (exact) mass is 279 g/mol. The SMILES string of the molecule is CNC(=O)c1cc2c(s1)CCN(C(=O)[C@H]1CCN1)C2. The van der Waals surface area contributed by atoms with Gasteiger partial charge >= 0.3 is 0 Å². The third-order valence-corrected chi connectivity index (χ3v) is 4.99. The molecule has 3 heterocycles. The fourth-order valence-corrected chi connectivity index (χ4v) is 3.59. The van der Waals surface area contributed by atoms with Gasteiger partial charge in [-0.3, -0.25) is 9.59 Å². The lowest BCUT2D eigenvalue weighted by molar-refractivity contribution is -0.136. The molecular formula is C13H17N3O2S. The first-order valence-corrected chi connectivity index (χ1v) is 7.36. The highest BCUT2D eigenvalue weighted by Crippen LogP contribution is 2.28. The van der Waals surface area contributed by atoms with Crippen molar-refractivity contribution in [2.24, 2.45) is 0 Å². The second-order valence-electron chi connectivity index (χ2n) is 4.94. The summed E-state index contributed by atoms with van der Waals surface area (Å²) in [5, 5.41) is 5.79. The number of amides is 2. The fourth-order valence-electron chi connectivity index (χ4n) is 2.48. The van der Waals surface area contributed by atoms with Crippen molar-refractivity contribution in [2.45, 2.75) is 25.4 Å². The first kappa shape index (κ1) is 12.6. The molecule has 6 heteroatoms. The van der Waals surface area contributed by atoms with Crippen LogP contribution in [-0.4, -0.2) is 42.9 Å². The van der Waals surface area contributed by atoms with E-state index in [1.807, 2.05) is 11.0 Å². The van der Waals surface area contributed by atoms with E-state index in [9.17, 15) is 9.59 Å². The Kier molecular flexibility index (Phi) is 3.28. The number of carbonyl (C=O) groups is 2. The molecule has 2 N–H and O–H groups in total. The van der Waals surface area contributed by atoms with E-state index in [4.69, 9.17) is 0 Å². The van der Waals surface area contributed by atoms with Crippen molar-refractivity contribution in [3.05, 3.63) is 21.4 Å². The van der Waals surface area contributed by atoms with Crippen molar-refractivity contribution in [3.63, 3.8) is 0 Å². The van der Waals surface area contributed by atoms with E-state index >= 15 is 0 Å². The van der Waals surface area contributed by atoms with E-state index in [0.717, 1.165) is 36.4 Å². The predicted molar refractivity (Wildman–Crippen MR) is 73.2 cm³/mol. The van der Waals surface area contributed by atoms with Gasteiger partial charge < -0.3 is 15.5 Å². The summed E-state index contributed by atoms with van der Waals surface area (Å²) in [6, 6.07) is 1.94. The molecule has 0 radical (unpaired) electrons. The Hall–Kier alpha value is -1.40. The molecule has 2 aliphatic heterocycles. The van der Waals surface area contributed by atoms with Crippen LogP contribution >= 0.6 is 11.3 Å². The van der Waals surface area contributed by atoms with Crippen LogP contribution in [0.2, 0.25) is 0 Å². The first-order valence-electron chi connectivity index (χ1n) is 6.55. The van der Waals surface area contributed by atoms with Gasteiger partial charge in [0, 0.05) is 25.0 Å². The molecule has 1 aromatic heterocycles. The lowest BCUT2D eigenvalue weighted by Gasteiger charge is -2.34. The molecule has 2 aliphatic rings. The van der Waals surface area contributed by atoms with Crippen LogP contribution < -0.4 is 10.6 Å². The van der Waals surface area contributed by atoms with Gasteiger partial charge in [-0.15, -0.1) is 11.3 Å². The van der Waals surface area contributed by atoms with E-state index in [1.54, 1.807) is 18.4 Å². The molecular weight excluding hydrogens is 262 g/mol. The van der Waals surface area contributed by atoms with Crippen molar-refractivity contribution < 1.29 is 9.59 Å². The van der Waals surface area contributed by atoms with Crippen molar-refractivity contribution >= 4 is 23.2 Å². The van der Waals surface area contributed by atoms with Gasteiger partial charge in [0.15, 0.2) is 0 Å². The lowest BCUT2D eigenvalue weighted by atomic mass is 10.0. The number of carbonyl (C=O) groups excluding carboxylic acids is 2. The maximum atomic E-state index is 12.2. The Morgan fingerprint density at radius 2 is 2.32 bits per heavy atom. The summed E-state index contributed by atoms with van der Waals surface area (Å²) >= 11 is 1.54. The van der Waals surface area contributed by atoms with Crippen molar-refractivity contribution in [1.82, 2.24) is 15.5 Å². The number of hydrogen-bond acceptors (Lipinski definition) is 4. The summed E-state index contributed by atoms with van der Waals surface area (Å²) < 4.78 is 0. The highest BCUT2D eigenvalue weighted by atomic mass is 32.1. The molecule has 0 bridgehead atoms. The van der Waals surface area contributed by atoms with Gasteiger partial charge in [0.05, 0.1) is 10.9 Å². The topological polar surface area (TPSA) is 61.4 Å². The number of thiophene rings is 1. The highest BCUT2D eigenvalue weighted by molar-refractivity contribution is 7.14. The van der Waals surface area contributed by atoms with E-state index in [1.165, 1.54) is 4.88 Å². The summed E-state index contributed by atoms with van der Waals surface area (Å²) in [5.41, 5.74) is 1.13. The van der Waals surface area contributed by atoms with Gasteiger partial charge in [0.1, 0.15) is 0 Å². The van der Waals surface area contributed by atoms with Crippen LogP contribution in [0.15, 0.2) is 6.07 Å². The van der Waals surface area contributed by atoms with E-state index in [2.05, 4.69) is 10.6 Å². The maximum absolute atomic E-state index is 12.2. The first-order chi connectivity index (χ1) is 9.19. The molecule has 1 atom stereocenters. The third-order valence-electron chi connectivity index (χ3n) is 3.75. The predicted octanol–water partition coefficient (Wildman–Crippen LogP) is 0.354. The molecule has 3 rings (SSSR count). The van der Waals surface area contributed by atoms with Gasteiger partial charge in [-0.2, -0.15) is 0 Å².